The summed E-state index contributed by atoms with van der Waals surface area (Å²) in [6, 6.07) is 0. The quantitative estimate of drug-likeness (QED) is 0.710. The van der Waals surface area contributed by atoms with Gasteiger partial charge < -0.3 is 9.52 Å². The van der Waals surface area contributed by atoms with E-state index in [4.69, 9.17) is 5.11 Å². The van der Waals surface area contributed by atoms with Crippen LogP contribution in [0.3, 0.4) is 0 Å². The Kier molecular flexibility index (Phi) is 1.79. The van der Waals surface area contributed by atoms with E-state index in [2.05, 4.69) is 9.40 Å². The first-order valence-corrected chi connectivity index (χ1v) is 2.67. The number of rotatable bonds is 1. The number of carboxylic acid groups (broad SMARTS) is 1. The Morgan fingerprint density at radius 1 is 1.58 bits per heavy atom. The van der Waals surface area contributed by atoms with Gasteiger partial charge in [0.1, 0.15) is 0 Å². The van der Waals surface area contributed by atoms with Gasteiger partial charge in [-0.3, -0.25) is 0 Å². The molecule has 1 aromatic rings. The molecule has 0 fully saturated rings. The van der Waals surface area contributed by atoms with Gasteiger partial charge in [0.25, 0.3) is 0 Å². The molecule has 0 aliphatic carbocycles. The van der Waals surface area contributed by atoms with Crippen molar-refractivity contribution in [1.29, 1.82) is 0 Å². The molecule has 0 amide bonds. The number of carboxylic acids is 1. The van der Waals surface area contributed by atoms with Crippen molar-refractivity contribution in [3.8, 4) is 0 Å². The molecule has 4 nitrogen and oxygen atoms in total. The fourth-order valence-electron chi connectivity index (χ4n) is 0.504. The molecule has 1 heterocycles. The van der Waals surface area contributed by atoms with Gasteiger partial charge in [-0.15, -0.1) is 0 Å². The highest BCUT2D eigenvalue weighted by Gasteiger charge is 2.37. The summed E-state index contributed by atoms with van der Waals surface area (Å²) < 4.78 is 39.0. The summed E-state index contributed by atoms with van der Waals surface area (Å²) in [6.07, 6.45) is -4.24. The molecule has 0 radical (unpaired) electrons. The maximum Gasteiger partial charge on any atom is 0.468 e. The van der Waals surface area contributed by atoms with E-state index in [0.717, 1.165) is 0 Å². The number of nitrogens with zero attached hydrogens (tertiary/aromatic N) is 1. The van der Waals surface area contributed by atoms with Crippen LogP contribution in [0.15, 0.2) is 10.6 Å². The maximum absolute atomic E-state index is 11.7. The van der Waals surface area contributed by atoms with Crippen molar-refractivity contribution in [3.63, 3.8) is 0 Å². The van der Waals surface area contributed by atoms with Crippen molar-refractivity contribution in [2.75, 3.05) is 0 Å². The normalized spacial score (nSPS) is 11.6. The minimum absolute atomic E-state index is 0.505. The first-order chi connectivity index (χ1) is 5.41. The zero-order valence-corrected chi connectivity index (χ0v) is 5.42. The van der Waals surface area contributed by atoms with Gasteiger partial charge in [-0.1, -0.05) is 0 Å². The predicted molar refractivity (Wildman–Crippen MR) is 28.5 cm³/mol. The molecular weight excluding hydrogens is 179 g/mol. The van der Waals surface area contributed by atoms with Crippen LogP contribution in [0.2, 0.25) is 0 Å². The lowest BCUT2D eigenvalue weighted by molar-refractivity contribution is -0.157. The van der Waals surface area contributed by atoms with Crippen LogP contribution in [0.4, 0.5) is 13.2 Å². The Labute approximate surface area is 63.6 Å². The molecule has 0 unspecified atom stereocenters. The van der Waals surface area contributed by atoms with Crippen molar-refractivity contribution in [2.45, 2.75) is 6.18 Å². The second kappa shape index (κ2) is 2.50. The van der Waals surface area contributed by atoms with Gasteiger partial charge in [0.15, 0.2) is 0 Å². The summed E-state index contributed by atoms with van der Waals surface area (Å²) in [5.74, 6) is -3.97. The van der Waals surface area contributed by atoms with E-state index in [-0.39, 0.29) is 0 Å². The lowest BCUT2D eigenvalue weighted by Crippen LogP contribution is -2.04. The summed E-state index contributed by atoms with van der Waals surface area (Å²) >= 11 is 0. The molecule has 1 aromatic heterocycles. The zero-order chi connectivity index (χ0) is 9.35. The SMILES string of the molecule is O=C(O)c1cnc(C(F)(F)F)o1. The summed E-state index contributed by atoms with van der Waals surface area (Å²) in [5, 5.41) is 8.16. The average molecular weight is 181 g/mol. The molecule has 0 aliphatic heterocycles. The van der Waals surface area contributed by atoms with Crippen LogP contribution in [0.1, 0.15) is 16.4 Å². The highest BCUT2D eigenvalue weighted by Crippen LogP contribution is 2.28. The first-order valence-electron chi connectivity index (χ1n) is 2.67. The van der Waals surface area contributed by atoms with E-state index in [9.17, 15) is 18.0 Å². The van der Waals surface area contributed by atoms with Gasteiger partial charge in [-0.05, 0) is 0 Å². The van der Waals surface area contributed by atoms with E-state index in [1.807, 2.05) is 0 Å². The molecule has 0 atom stereocenters. The Bertz CT molecular complexity index is 303. The summed E-state index contributed by atoms with van der Waals surface area (Å²) in [5.41, 5.74) is 0. The molecule has 0 saturated carbocycles. The second-order valence-corrected chi connectivity index (χ2v) is 1.83. The summed E-state index contributed by atoms with van der Waals surface area (Å²) in [6.45, 7) is 0. The Morgan fingerprint density at radius 3 is 2.42 bits per heavy atom. The molecule has 7 heteroatoms. The number of alkyl halides is 3. The van der Waals surface area contributed by atoms with E-state index in [1.165, 1.54) is 0 Å². The number of hydrogen-bond donors (Lipinski definition) is 1. The number of aromatic carboxylic acids is 1. The lowest BCUT2D eigenvalue weighted by atomic mass is 10.5. The molecule has 1 N–H and O–H groups in total. The molecule has 0 saturated heterocycles. The van der Waals surface area contributed by atoms with Crippen LogP contribution in [-0.4, -0.2) is 16.1 Å². The van der Waals surface area contributed by atoms with Crippen LogP contribution in [0.25, 0.3) is 0 Å². The van der Waals surface area contributed by atoms with E-state index < -0.39 is 23.8 Å². The van der Waals surface area contributed by atoms with Crippen molar-refractivity contribution >= 4 is 5.97 Å². The van der Waals surface area contributed by atoms with Crippen LogP contribution >= 0.6 is 0 Å². The summed E-state index contributed by atoms with van der Waals surface area (Å²) in [4.78, 5) is 12.8. The third kappa shape index (κ3) is 1.55. The van der Waals surface area contributed by atoms with Crippen molar-refractivity contribution in [2.24, 2.45) is 0 Å². The van der Waals surface area contributed by atoms with Crippen LogP contribution in [-0.2, 0) is 6.18 Å². The third-order valence-electron chi connectivity index (χ3n) is 0.959. The van der Waals surface area contributed by atoms with Crippen LogP contribution in [0.5, 0.6) is 0 Å². The Hall–Kier alpha value is -1.53. The van der Waals surface area contributed by atoms with Gasteiger partial charge >= 0.3 is 18.0 Å². The molecule has 0 bridgehead atoms. The van der Waals surface area contributed by atoms with Crippen molar-refractivity contribution in [1.82, 2.24) is 4.98 Å². The molecule has 66 valence electrons. The third-order valence-corrected chi connectivity index (χ3v) is 0.959. The van der Waals surface area contributed by atoms with Crippen LogP contribution < -0.4 is 0 Å². The zero-order valence-electron chi connectivity index (χ0n) is 5.42. The second-order valence-electron chi connectivity index (χ2n) is 1.83. The molecule has 0 aromatic carbocycles. The number of hydrogen-bond acceptors (Lipinski definition) is 3. The average Bonchev–Trinajstić information content (AvgIpc) is 2.30. The fourth-order valence-corrected chi connectivity index (χ4v) is 0.504. The van der Waals surface area contributed by atoms with E-state index >= 15 is 0 Å². The standard InChI is InChI=1S/C5H2F3NO3/c6-5(7,8)4-9-1-2(12-4)3(10)11/h1H,(H,10,11). The highest BCUT2D eigenvalue weighted by atomic mass is 19.4. The van der Waals surface area contributed by atoms with E-state index in [1.54, 1.807) is 0 Å². The molecule has 1 rings (SSSR count). The van der Waals surface area contributed by atoms with Crippen molar-refractivity contribution < 1.29 is 27.5 Å². The molecule has 0 aliphatic rings. The van der Waals surface area contributed by atoms with Gasteiger partial charge in [-0.2, -0.15) is 13.2 Å². The maximum atomic E-state index is 11.7. The lowest BCUT2D eigenvalue weighted by Gasteiger charge is -1.97. The van der Waals surface area contributed by atoms with Gasteiger partial charge in [-0.25, -0.2) is 9.78 Å². The van der Waals surface area contributed by atoms with Gasteiger partial charge in [0.05, 0.1) is 6.20 Å². The monoisotopic (exact) mass is 181 g/mol. The minimum atomic E-state index is -4.74. The van der Waals surface area contributed by atoms with Gasteiger partial charge in [0, 0.05) is 0 Å². The predicted octanol–water partition coefficient (Wildman–Crippen LogP) is 1.39. The highest BCUT2D eigenvalue weighted by molar-refractivity contribution is 5.83. The number of oxazole rings is 1. The number of aromatic nitrogens is 1. The van der Waals surface area contributed by atoms with E-state index in [0.29, 0.717) is 6.20 Å². The largest absolute Gasteiger partial charge is 0.475 e. The first kappa shape index (κ1) is 8.57. The van der Waals surface area contributed by atoms with Crippen molar-refractivity contribution in [3.05, 3.63) is 17.8 Å². The molecule has 12 heavy (non-hydrogen) atoms. The minimum Gasteiger partial charge on any atom is -0.475 e. The van der Waals surface area contributed by atoms with Crippen LogP contribution in [0, 0.1) is 0 Å². The molecule has 0 spiro atoms. The smallest absolute Gasteiger partial charge is 0.468 e. The topological polar surface area (TPSA) is 63.3 Å². The fraction of sp³-hybridized carbons (Fsp3) is 0.200. The Balaban J connectivity index is 3.00. The number of halogens is 3. The summed E-state index contributed by atoms with van der Waals surface area (Å²) in [7, 11) is 0. The Morgan fingerprint density at radius 2 is 2.17 bits per heavy atom. The molecular formula is C5H2F3NO3. The number of carbonyl (C=O) groups is 1. The van der Waals surface area contributed by atoms with Gasteiger partial charge in [0.2, 0.25) is 5.76 Å².